The first-order valence-electron chi connectivity index (χ1n) is 6.03. The molecule has 2 nitrogen and oxygen atoms in total. The van der Waals surface area contributed by atoms with E-state index in [9.17, 15) is 8.42 Å². The Kier molecular flexibility index (Phi) is 5.21. The van der Waals surface area contributed by atoms with Crippen molar-refractivity contribution in [1.82, 2.24) is 0 Å². The molecular formula is C16H14O2S2. The molecule has 0 atom stereocenters. The highest BCUT2D eigenvalue weighted by molar-refractivity contribution is 8.02. The van der Waals surface area contributed by atoms with E-state index >= 15 is 0 Å². The molecule has 20 heavy (non-hydrogen) atoms. The third-order valence-corrected chi connectivity index (χ3v) is 4.75. The molecule has 0 aliphatic heterocycles. The molecule has 0 N–H and O–H groups in total. The van der Waals surface area contributed by atoms with E-state index in [1.807, 2.05) is 35.7 Å². The fraction of sp³-hybridized carbons (Fsp3) is 0. The quantitative estimate of drug-likeness (QED) is 0.610. The maximum Gasteiger partial charge on any atom is 0.199 e. The number of allylic oxidation sites excluding steroid dienone is 2. The minimum Gasteiger partial charge on any atom is -0.219 e. The van der Waals surface area contributed by atoms with E-state index in [0.29, 0.717) is 4.90 Å². The first-order chi connectivity index (χ1) is 9.68. The zero-order chi connectivity index (χ0) is 14.3. The Morgan fingerprint density at radius 3 is 2.05 bits per heavy atom. The van der Waals surface area contributed by atoms with Crippen LogP contribution in [0.5, 0.6) is 0 Å². The van der Waals surface area contributed by atoms with Crippen molar-refractivity contribution < 1.29 is 8.42 Å². The summed E-state index contributed by atoms with van der Waals surface area (Å²) in [5, 5.41) is 3.07. The molecule has 2 aromatic carbocycles. The minimum absolute atomic E-state index is 0.306. The second-order valence-corrected chi connectivity index (χ2v) is 6.76. The molecule has 2 rings (SSSR count). The Bertz CT molecular complexity index is 688. The fourth-order valence-corrected chi connectivity index (χ4v) is 3.13. The van der Waals surface area contributed by atoms with Gasteiger partial charge in [0.05, 0.1) is 4.90 Å². The molecule has 0 aliphatic carbocycles. The van der Waals surface area contributed by atoms with Crippen molar-refractivity contribution in [3.8, 4) is 0 Å². The average molecular weight is 302 g/mol. The number of hydrogen-bond donors (Lipinski definition) is 0. The van der Waals surface area contributed by atoms with Gasteiger partial charge in [-0.2, -0.15) is 0 Å². The molecule has 0 aliphatic rings. The highest BCUT2D eigenvalue weighted by atomic mass is 32.2. The van der Waals surface area contributed by atoms with Crippen LogP contribution < -0.4 is 0 Å². The van der Waals surface area contributed by atoms with E-state index in [2.05, 4.69) is 0 Å². The molecular weight excluding hydrogens is 288 g/mol. The van der Waals surface area contributed by atoms with E-state index in [1.54, 1.807) is 48.2 Å². The van der Waals surface area contributed by atoms with Crippen LogP contribution in [0.3, 0.4) is 0 Å². The molecule has 0 unspecified atom stereocenters. The van der Waals surface area contributed by atoms with Gasteiger partial charge in [-0.1, -0.05) is 60.3 Å². The molecule has 0 bridgehead atoms. The second kappa shape index (κ2) is 7.12. The van der Waals surface area contributed by atoms with Crippen LogP contribution in [0.15, 0.2) is 93.4 Å². The van der Waals surface area contributed by atoms with E-state index in [1.165, 1.54) is 11.5 Å². The van der Waals surface area contributed by atoms with Crippen LogP contribution in [-0.4, -0.2) is 8.42 Å². The van der Waals surface area contributed by atoms with Gasteiger partial charge in [-0.05, 0) is 29.7 Å². The number of benzene rings is 2. The Morgan fingerprint density at radius 2 is 1.40 bits per heavy atom. The van der Waals surface area contributed by atoms with Crippen LogP contribution >= 0.6 is 11.8 Å². The van der Waals surface area contributed by atoms with Gasteiger partial charge in [-0.3, -0.25) is 0 Å². The number of hydrogen-bond acceptors (Lipinski definition) is 3. The Morgan fingerprint density at radius 1 is 0.800 bits per heavy atom. The summed E-state index contributed by atoms with van der Waals surface area (Å²) in [4.78, 5) is 1.42. The summed E-state index contributed by atoms with van der Waals surface area (Å²) in [7, 11) is -3.35. The van der Waals surface area contributed by atoms with Crippen molar-refractivity contribution >= 4 is 21.6 Å². The molecule has 0 aromatic heterocycles. The van der Waals surface area contributed by atoms with Crippen LogP contribution in [0.25, 0.3) is 0 Å². The van der Waals surface area contributed by atoms with E-state index < -0.39 is 9.84 Å². The zero-order valence-electron chi connectivity index (χ0n) is 10.7. The van der Waals surface area contributed by atoms with Crippen molar-refractivity contribution in [3.63, 3.8) is 0 Å². The second-order valence-electron chi connectivity index (χ2n) is 3.95. The van der Waals surface area contributed by atoms with Crippen molar-refractivity contribution in [1.29, 1.82) is 0 Å². The molecule has 0 amide bonds. The number of sulfone groups is 1. The van der Waals surface area contributed by atoms with Gasteiger partial charge < -0.3 is 0 Å². The van der Waals surface area contributed by atoms with Crippen molar-refractivity contribution in [2.24, 2.45) is 0 Å². The minimum atomic E-state index is -3.35. The van der Waals surface area contributed by atoms with Crippen molar-refractivity contribution in [2.45, 2.75) is 9.79 Å². The predicted octanol–water partition coefficient (Wildman–Crippen LogP) is 4.28. The molecule has 0 heterocycles. The first-order valence-corrected chi connectivity index (χ1v) is 8.46. The first kappa shape index (κ1) is 14.6. The summed E-state index contributed by atoms with van der Waals surface area (Å²) < 4.78 is 23.9. The largest absolute Gasteiger partial charge is 0.219 e. The van der Waals surface area contributed by atoms with E-state index in [4.69, 9.17) is 0 Å². The third-order valence-electron chi connectivity index (χ3n) is 2.47. The van der Waals surface area contributed by atoms with Crippen LogP contribution in [0.2, 0.25) is 0 Å². The van der Waals surface area contributed by atoms with E-state index in [0.717, 1.165) is 4.90 Å². The van der Waals surface area contributed by atoms with Gasteiger partial charge in [0.15, 0.2) is 9.84 Å². The lowest BCUT2D eigenvalue weighted by Crippen LogP contribution is -1.94. The van der Waals surface area contributed by atoms with Gasteiger partial charge in [0.1, 0.15) is 0 Å². The lowest BCUT2D eigenvalue weighted by atomic mass is 10.4. The zero-order valence-corrected chi connectivity index (χ0v) is 12.3. The maximum atomic E-state index is 11.9. The lowest BCUT2D eigenvalue weighted by molar-refractivity contribution is 0.604. The van der Waals surface area contributed by atoms with Gasteiger partial charge in [0, 0.05) is 10.3 Å². The summed E-state index contributed by atoms with van der Waals surface area (Å²) in [5.74, 6) is 0. The van der Waals surface area contributed by atoms with E-state index in [-0.39, 0.29) is 0 Å². The summed E-state index contributed by atoms with van der Waals surface area (Å²) in [6.45, 7) is 0. The Balaban J connectivity index is 1.97. The van der Waals surface area contributed by atoms with Crippen LogP contribution in [0.1, 0.15) is 0 Å². The normalized spacial score (nSPS) is 12.2. The van der Waals surface area contributed by atoms with Crippen molar-refractivity contribution in [2.75, 3.05) is 0 Å². The predicted molar refractivity (Wildman–Crippen MR) is 84.2 cm³/mol. The Hall–Kier alpha value is -1.78. The molecule has 4 heteroatoms. The molecule has 0 radical (unpaired) electrons. The highest BCUT2D eigenvalue weighted by Gasteiger charge is 2.07. The topological polar surface area (TPSA) is 34.1 Å². The van der Waals surface area contributed by atoms with Gasteiger partial charge in [0.25, 0.3) is 0 Å². The van der Waals surface area contributed by atoms with Gasteiger partial charge in [-0.15, -0.1) is 0 Å². The molecule has 102 valence electrons. The molecule has 0 saturated heterocycles. The number of thioether (sulfide) groups is 1. The molecule has 0 spiro atoms. The SMILES string of the molecule is O=S(=O)(/C=C/C=C/Sc1ccccc1)c1ccccc1. The molecule has 0 fully saturated rings. The molecule has 0 saturated carbocycles. The Labute approximate surface area is 123 Å². The highest BCUT2D eigenvalue weighted by Crippen LogP contribution is 2.18. The molecule has 2 aromatic rings. The number of rotatable bonds is 5. The monoisotopic (exact) mass is 302 g/mol. The summed E-state index contributed by atoms with van der Waals surface area (Å²) in [5.41, 5.74) is 0. The maximum absolute atomic E-state index is 11.9. The van der Waals surface area contributed by atoms with Gasteiger partial charge in [0.2, 0.25) is 0 Å². The summed E-state index contributed by atoms with van der Waals surface area (Å²) in [6, 6.07) is 18.3. The van der Waals surface area contributed by atoms with Crippen LogP contribution in [0.4, 0.5) is 0 Å². The van der Waals surface area contributed by atoms with Crippen LogP contribution in [-0.2, 0) is 9.84 Å². The van der Waals surface area contributed by atoms with Gasteiger partial charge >= 0.3 is 0 Å². The van der Waals surface area contributed by atoms with Gasteiger partial charge in [-0.25, -0.2) is 8.42 Å². The average Bonchev–Trinajstić information content (AvgIpc) is 2.49. The van der Waals surface area contributed by atoms with Crippen molar-refractivity contribution in [3.05, 3.63) is 83.6 Å². The summed E-state index contributed by atoms with van der Waals surface area (Å²) >= 11 is 1.54. The fourth-order valence-electron chi connectivity index (χ4n) is 1.50. The summed E-state index contributed by atoms with van der Waals surface area (Å²) in [6.07, 6.45) is 3.26. The van der Waals surface area contributed by atoms with Crippen LogP contribution in [0, 0.1) is 0 Å². The third kappa shape index (κ3) is 4.40. The lowest BCUT2D eigenvalue weighted by Gasteiger charge is -1.96. The standard InChI is InChI=1S/C16H14O2S2/c17-20(18,16-11-5-2-6-12-16)14-8-7-13-19-15-9-3-1-4-10-15/h1-14H/b13-7+,14-8+. The smallest absolute Gasteiger partial charge is 0.199 e.